The van der Waals surface area contributed by atoms with Crippen molar-refractivity contribution < 1.29 is 4.79 Å². The van der Waals surface area contributed by atoms with Gasteiger partial charge in [0.1, 0.15) is 0 Å². The first-order valence-corrected chi connectivity index (χ1v) is 5.31. The van der Waals surface area contributed by atoms with Crippen molar-refractivity contribution in [2.45, 2.75) is 20.3 Å². The van der Waals surface area contributed by atoms with E-state index in [1.54, 1.807) is 0 Å². The maximum absolute atomic E-state index is 11.5. The summed E-state index contributed by atoms with van der Waals surface area (Å²) in [4.78, 5) is 13.4. The van der Waals surface area contributed by atoms with E-state index in [0.29, 0.717) is 0 Å². The molecular formula is C11H13NOS. The van der Waals surface area contributed by atoms with Gasteiger partial charge >= 0.3 is 0 Å². The molecule has 74 valence electrons. The Labute approximate surface area is 88.3 Å². The van der Waals surface area contributed by atoms with Gasteiger partial charge < -0.3 is 5.32 Å². The largest absolute Gasteiger partial charge is 0.340 e. The molecule has 0 radical (unpaired) electrons. The lowest BCUT2D eigenvalue weighted by Gasteiger charge is -1.96. The molecule has 1 aromatic rings. The first-order chi connectivity index (χ1) is 6.69. The van der Waals surface area contributed by atoms with E-state index in [2.05, 4.69) is 18.2 Å². The first-order valence-electron chi connectivity index (χ1n) is 4.50. The van der Waals surface area contributed by atoms with Crippen molar-refractivity contribution in [3.8, 4) is 12.3 Å². The number of amides is 1. The normalized spacial score (nSPS) is 9.50. The van der Waals surface area contributed by atoms with E-state index in [9.17, 15) is 4.79 Å². The predicted octanol–water partition coefficient (Wildman–Crippen LogP) is 1.98. The van der Waals surface area contributed by atoms with Gasteiger partial charge in [-0.1, -0.05) is 12.8 Å². The summed E-state index contributed by atoms with van der Waals surface area (Å²) < 4.78 is 0. The minimum Gasteiger partial charge on any atom is -0.340 e. The van der Waals surface area contributed by atoms with Gasteiger partial charge in [-0.25, -0.2) is 0 Å². The summed E-state index contributed by atoms with van der Waals surface area (Å²) in [6.07, 6.45) is 6.02. The van der Waals surface area contributed by atoms with Gasteiger partial charge in [-0.15, -0.1) is 17.8 Å². The van der Waals surface area contributed by atoms with E-state index >= 15 is 0 Å². The van der Waals surface area contributed by atoms with Crippen LogP contribution in [0.2, 0.25) is 0 Å². The second-order valence-electron chi connectivity index (χ2n) is 2.93. The average Bonchev–Trinajstić information content (AvgIpc) is 2.56. The smallest absolute Gasteiger partial charge is 0.262 e. The predicted molar refractivity (Wildman–Crippen MR) is 59.6 cm³/mol. The zero-order valence-corrected chi connectivity index (χ0v) is 9.20. The molecule has 0 fully saturated rings. The number of rotatable bonds is 3. The van der Waals surface area contributed by atoms with Gasteiger partial charge in [0.25, 0.3) is 5.91 Å². The van der Waals surface area contributed by atoms with Crippen molar-refractivity contribution in [2.24, 2.45) is 0 Å². The minimum absolute atomic E-state index is 0.0734. The Morgan fingerprint density at radius 3 is 2.93 bits per heavy atom. The lowest BCUT2D eigenvalue weighted by molar-refractivity contribution is 0.0962. The van der Waals surface area contributed by atoms with E-state index in [4.69, 9.17) is 6.42 Å². The van der Waals surface area contributed by atoms with Crippen molar-refractivity contribution in [3.63, 3.8) is 0 Å². The third kappa shape index (κ3) is 2.36. The van der Waals surface area contributed by atoms with Crippen LogP contribution in [-0.2, 0) is 6.42 Å². The Kier molecular flexibility index (Phi) is 3.73. The molecule has 1 aromatic heterocycles. The van der Waals surface area contributed by atoms with Crippen molar-refractivity contribution in [2.75, 3.05) is 6.54 Å². The van der Waals surface area contributed by atoms with E-state index < -0.39 is 0 Å². The quantitative estimate of drug-likeness (QED) is 0.754. The standard InChI is InChI=1S/C11H13NOS/c1-4-6-12-11(13)10-7-9(5-2)8(3)14-10/h1,7H,5-6H2,2-3H3,(H,12,13). The number of carbonyl (C=O) groups is 1. The summed E-state index contributed by atoms with van der Waals surface area (Å²) in [7, 11) is 0. The van der Waals surface area contributed by atoms with E-state index in [-0.39, 0.29) is 12.5 Å². The van der Waals surface area contributed by atoms with Crippen LogP contribution in [0.3, 0.4) is 0 Å². The molecule has 2 nitrogen and oxygen atoms in total. The maximum atomic E-state index is 11.5. The fraction of sp³-hybridized carbons (Fsp3) is 0.364. The SMILES string of the molecule is C#CCNC(=O)c1cc(CC)c(C)s1. The molecule has 0 aliphatic rings. The average molecular weight is 207 g/mol. The van der Waals surface area contributed by atoms with Gasteiger partial charge in [-0.3, -0.25) is 4.79 Å². The van der Waals surface area contributed by atoms with Crippen molar-refractivity contribution in [1.82, 2.24) is 5.32 Å². The molecule has 1 N–H and O–H groups in total. The molecule has 0 saturated heterocycles. The number of terminal acetylenes is 1. The Bertz CT molecular complexity index is 373. The molecule has 0 bridgehead atoms. The van der Waals surface area contributed by atoms with Gasteiger partial charge in [-0.05, 0) is 25.0 Å². The van der Waals surface area contributed by atoms with Crippen LogP contribution in [0.1, 0.15) is 27.0 Å². The Morgan fingerprint density at radius 1 is 1.71 bits per heavy atom. The van der Waals surface area contributed by atoms with E-state index in [0.717, 1.165) is 11.3 Å². The Balaban J connectivity index is 2.76. The summed E-state index contributed by atoms with van der Waals surface area (Å²) in [6, 6.07) is 1.94. The molecule has 3 heteroatoms. The summed E-state index contributed by atoms with van der Waals surface area (Å²) in [6.45, 7) is 4.40. The van der Waals surface area contributed by atoms with Crippen LogP contribution in [0.5, 0.6) is 0 Å². The minimum atomic E-state index is -0.0734. The zero-order valence-electron chi connectivity index (χ0n) is 8.39. The highest BCUT2D eigenvalue weighted by Gasteiger charge is 2.10. The third-order valence-electron chi connectivity index (χ3n) is 1.98. The number of thiophene rings is 1. The highest BCUT2D eigenvalue weighted by molar-refractivity contribution is 7.14. The molecule has 0 atom stereocenters. The second-order valence-corrected chi connectivity index (χ2v) is 4.19. The van der Waals surface area contributed by atoms with Gasteiger partial charge in [0, 0.05) is 4.88 Å². The molecule has 1 amide bonds. The number of hydrogen-bond donors (Lipinski definition) is 1. The number of carbonyl (C=O) groups excluding carboxylic acids is 1. The fourth-order valence-corrected chi connectivity index (χ4v) is 2.23. The molecule has 14 heavy (non-hydrogen) atoms. The zero-order chi connectivity index (χ0) is 10.6. The van der Waals surface area contributed by atoms with Crippen LogP contribution in [0.4, 0.5) is 0 Å². The molecule has 0 spiro atoms. The topological polar surface area (TPSA) is 29.1 Å². The molecule has 1 rings (SSSR count). The highest BCUT2D eigenvalue weighted by Crippen LogP contribution is 2.21. The monoisotopic (exact) mass is 207 g/mol. The van der Waals surface area contributed by atoms with Gasteiger partial charge in [0.05, 0.1) is 11.4 Å². The van der Waals surface area contributed by atoms with Crippen molar-refractivity contribution >= 4 is 17.2 Å². The summed E-state index contributed by atoms with van der Waals surface area (Å²) in [5.74, 6) is 2.30. The maximum Gasteiger partial charge on any atom is 0.262 e. The summed E-state index contributed by atoms with van der Waals surface area (Å²) >= 11 is 1.52. The number of aryl methyl sites for hydroxylation is 2. The van der Waals surface area contributed by atoms with Crippen molar-refractivity contribution in [1.29, 1.82) is 0 Å². The first kappa shape index (κ1) is 10.8. The van der Waals surface area contributed by atoms with Crippen LogP contribution >= 0.6 is 11.3 Å². The lowest BCUT2D eigenvalue weighted by Crippen LogP contribution is -2.22. The lowest BCUT2D eigenvalue weighted by atomic mass is 10.2. The molecule has 0 aliphatic heterocycles. The van der Waals surface area contributed by atoms with Crippen molar-refractivity contribution in [3.05, 3.63) is 21.4 Å². The van der Waals surface area contributed by atoms with Crippen LogP contribution < -0.4 is 5.32 Å². The van der Waals surface area contributed by atoms with Crippen LogP contribution in [0, 0.1) is 19.3 Å². The van der Waals surface area contributed by atoms with Crippen LogP contribution in [0.25, 0.3) is 0 Å². The molecule has 0 aromatic carbocycles. The molecular weight excluding hydrogens is 194 g/mol. The van der Waals surface area contributed by atoms with Crippen LogP contribution in [0.15, 0.2) is 6.07 Å². The van der Waals surface area contributed by atoms with Gasteiger partial charge in [0.2, 0.25) is 0 Å². The highest BCUT2D eigenvalue weighted by atomic mass is 32.1. The Morgan fingerprint density at radius 2 is 2.43 bits per heavy atom. The third-order valence-corrected chi connectivity index (χ3v) is 3.07. The molecule has 0 unspecified atom stereocenters. The summed E-state index contributed by atoms with van der Waals surface area (Å²) in [5, 5.41) is 2.65. The van der Waals surface area contributed by atoms with Crippen LogP contribution in [-0.4, -0.2) is 12.5 Å². The van der Waals surface area contributed by atoms with Gasteiger partial charge in [0.15, 0.2) is 0 Å². The molecule has 0 saturated carbocycles. The molecule has 1 heterocycles. The Hall–Kier alpha value is -1.27. The van der Waals surface area contributed by atoms with Gasteiger partial charge in [-0.2, -0.15) is 0 Å². The fourth-order valence-electron chi connectivity index (χ4n) is 1.20. The number of nitrogens with one attached hydrogen (secondary N) is 1. The van der Waals surface area contributed by atoms with E-state index in [1.807, 2.05) is 13.0 Å². The second kappa shape index (κ2) is 4.83. The van der Waals surface area contributed by atoms with E-state index in [1.165, 1.54) is 21.8 Å². The summed E-state index contributed by atoms with van der Waals surface area (Å²) in [5.41, 5.74) is 1.24. The number of hydrogen-bond acceptors (Lipinski definition) is 2. The molecule has 0 aliphatic carbocycles.